The van der Waals surface area contributed by atoms with Crippen molar-refractivity contribution in [2.75, 3.05) is 5.73 Å². The normalized spacial score (nSPS) is 11.0. The number of aromatic nitrogens is 3. The summed E-state index contributed by atoms with van der Waals surface area (Å²) in [5, 5.41) is 0.856. The highest BCUT2D eigenvalue weighted by molar-refractivity contribution is 9.10. The van der Waals surface area contributed by atoms with E-state index in [1.165, 1.54) is 6.33 Å². The molecule has 0 bridgehead atoms. The fraction of sp³-hybridized carbons (Fsp3) is 0. The molecule has 2 heterocycles. The van der Waals surface area contributed by atoms with Gasteiger partial charge in [-0.15, -0.1) is 0 Å². The van der Waals surface area contributed by atoms with E-state index < -0.39 is 0 Å². The summed E-state index contributed by atoms with van der Waals surface area (Å²) in [6.45, 7) is 0. The molecule has 4 rings (SSSR count). The molecule has 0 aliphatic heterocycles. The molecule has 0 saturated heterocycles. The molecule has 0 amide bonds. The first-order valence-electron chi connectivity index (χ1n) is 7.18. The van der Waals surface area contributed by atoms with Gasteiger partial charge in [-0.2, -0.15) is 0 Å². The van der Waals surface area contributed by atoms with Gasteiger partial charge in [-0.05, 0) is 33.6 Å². The molecule has 0 atom stereocenters. The monoisotopic (exact) mass is 364 g/mol. The molecular weight excluding hydrogens is 352 g/mol. The highest BCUT2D eigenvalue weighted by Gasteiger charge is 2.21. The fourth-order valence-corrected chi connectivity index (χ4v) is 3.59. The Morgan fingerprint density at radius 3 is 2.22 bits per heavy atom. The molecular formula is C18H13BrN4. The van der Waals surface area contributed by atoms with Gasteiger partial charge in [-0.1, -0.05) is 48.5 Å². The van der Waals surface area contributed by atoms with Crippen molar-refractivity contribution < 1.29 is 0 Å². The van der Waals surface area contributed by atoms with E-state index in [-0.39, 0.29) is 0 Å². The number of nitrogens with zero attached hydrogens (tertiary/aromatic N) is 3. The Morgan fingerprint density at radius 2 is 1.52 bits per heavy atom. The van der Waals surface area contributed by atoms with Gasteiger partial charge < -0.3 is 5.73 Å². The lowest BCUT2D eigenvalue weighted by molar-refractivity contribution is 1.05. The molecule has 0 aliphatic carbocycles. The second-order valence-corrected chi connectivity index (χ2v) is 5.91. The minimum absolute atomic E-state index is 0.476. The van der Waals surface area contributed by atoms with Gasteiger partial charge >= 0.3 is 0 Å². The van der Waals surface area contributed by atoms with Crippen LogP contribution in [0.2, 0.25) is 0 Å². The number of anilines is 1. The lowest BCUT2D eigenvalue weighted by Gasteiger charge is -2.06. The van der Waals surface area contributed by atoms with Crippen LogP contribution in [0.15, 0.2) is 71.6 Å². The molecule has 0 unspecified atom stereocenters. The van der Waals surface area contributed by atoms with Crippen molar-refractivity contribution >= 4 is 32.8 Å². The van der Waals surface area contributed by atoms with Crippen molar-refractivity contribution in [1.29, 1.82) is 0 Å². The van der Waals surface area contributed by atoms with Crippen LogP contribution in [0.5, 0.6) is 0 Å². The van der Waals surface area contributed by atoms with E-state index in [0.717, 1.165) is 32.5 Å². The molecule has 0 aliphatic rings. The quantitative estimate of drug-likeness (QED) is 0.572. The number of halogens is 1. The van der Waals surface area contributed by atoms with E-state index in [1.54, 1.807) is 0 Å². The van der Waals surface area contributed by atoms with Crippen molar-refractivity contribution in [3.8, 4) is 16.8 Å². The van der Waals surface area contributed by atoms with Gasteiger partial charge in [-0.3, -0.25) is 4.57 Å². The number of rotatable bonds is 2. The molecule has 112 valence electrons. The predicted octanol–water partition coefficient (Wildman–Crippen LogP) is 4.43. The lowest BCUT2D eigenvalue weighted by Crippen LogP contribution is -1.97. The molecule has 0 radical (unpaired) electrons. The smallest absolute Gasteiger partial charge is 0.151 e. The fourth-order valence-electron chi connectivity index (χ4n) is 2.79. The van der Waals surface area contributed by atoms with E-state index in [9.17, 15) is 0 Å². The molecule has 0 fully saturated rings. The highest BCUT2D eigenvalue weighted by Crippen LogP contribution is 2.40. The minimum atomic E-state index is 0.476. The second-order valence-electron chi connectivity index (χ2n) is 5.16. The van der Waals surface area contributed by atoms with Crippen LogP contribution in [0.3, 0.4) is 0 Å². The first kappa shape index (κ1) is 14.0. The van der Waals surface area contributed by atoms with Gasteiger partial charge in [-0.25, -0.2) is 9.97 Å². The van der Waals surface area contributed by atoms with Crippen LogP contribution in [-0.2, 0) is 0 Å². The van der Waals surface area contributed by atoms with Crippen molar-refractivity contribution in [1.82, 2.24) is 14.5 Å². The van der Waals surface area contributed by atoms with Gasteiger partial charge in [0.15, 0.2) is 5.65 Å². The topological polar surface area (TPSA) is 56.7 Å². The number of fused-ring (bicyclic) bond motifs is 1. The molecule has 5 heteroatoms. The zero-order chi connectivity index (χ0) is 15.8. The van der Waals surface area contributed by atoms with Crippen molar-refractivity contribution in [3.05, 3.63) is 71.6 Å². The summed E-state index contributed by atoms with van der Waals surface area (Å²) >= 11 is 3.74. The van der Waals surface area contributed by atoms with Crippen molar-refractivity contribution in [2.45, 2.75) is 0 Å². The van der Waals surface area contributed by atoms with Gasteiger partial charge in [0.1, 0.15) is 12.1 Å². The van der Waals surface area contributed by atoms with Gasteiger partial charge in [0.2, 0.25) is 0 Å². The predicted molar refractivity (Wildman–Crippen MR) is 96.4 cm³/mol. The Labute approximate surface area is 141 Å². The Morgan fingerprint density at radius 1 is 0.870 bits per heavy atom. The zero-order valence-corrected chi connectivity index (χ0v) is 13.7. The van der Waals surface area contributed by atoms with Crippen LogP contribution in [0.1, 0.15) is 0 Å². The van der Waals surface area contributed by atoms with E-state index in [2.05, 4.69) is 42.6 Å². The number of nitrogen functional groups attached to an aromatic ring is 1. The Hall–Kier alpha value is -2.66. The van der Waals surface area contributed by atoms with Crippen LogP contribution in [0.25, 0.3) is 27.8 Å². The van der Waals surface area contributed by atoms with Crippen LogP contribution >= 0.6 is 15.9 Å². The van der Waals surface area contributed by atoms with Gasteiger partial charge in [0.05, 0.1) is 9.99 Å². The number of nitrogens with two attached hydrogens (primary N) is 1. The Kier molecular flexibility index (Phi) is 3.35. The first-order valence-corrected chi connectivity index (χ1v) is 7.98. The average Bonchev–Trinajstić information content (AvgIpc) is 2.90. The number of benzene rings is 2. The summed E-state index contributed by atoms with van der Waals surface area (Å²) in [5.74, 6) is 0.476. The summed E-state index contributed by atoms with van der Waals surface area (Å²) < 4.78 is 2.97. The number of para-hydroxylation sites is 1. The summed E-state index contributed by atoms with van der Waals surface area (Å²) in [7, 11) is 0. The highest BCUT2D eigenvalue weighted by atomic mass is 79.9. The van der Waals surface area contributed by atoms with Crippen molar-refractivity contribution in [3.63, 3.8) is 0 Å². The SMILES string of the molecule is Nc1ncnc2c1c(-c1ccccc1)c(Br)n2-c1ccccc1. The molecule has 4 aromatic rings. The van der Waals surface area contributed by atoms with Crippen LogP contribution < -0.4 is 5.73 Å². The third-order valence-electron chi connectivity index (χ3n) is 3.80. The van der Waals surface area contributed by atoms with E-state index in [4.69, 9.17) is 5.73 Å². The maximum atomic E-state index is 6.17. The summed E-state index contributed by atoms with van der Waals surface area (Å²) in [5.41, 5.74) is 10.0. The van der Waals surface area contributed by atoms with Crippen LogP contribution in [0, 0.1) is 0 Å². The Balaban J connectivity index is 2.14. The maximum Gasteiger partial charge on any atom is 0.151 e. The number of hydrogen-bond donors (Lipinski definition) is 1. The summed E-state index contributed by atoms with van der Waals surface area (Å²) in [6, 6.07) is 20.2. The Bertz CT molecular complexity index is 978. The molecule has 4 nitrogen and oxygen atoms in total. The number of hydrogen-bond acceptors (Lipinski definition) is 3. The maximum absolute atomic E-state index is 6.17. The molecule has 2 aromatic carbocycles. The van der Waals surface area contributed by atoms with Gasteiger partial charge in [0.25, 0.3) is 0 Å². The van der Waals surface area contributed by atoms with Crippen LogP contribution in [-0.4, -0.2) is 14.5 Å². The summed E-state index contributed by atoms with van der Waals surface area (Å²) in [4.78, 5) is 8.64. The van der Waals surface area contributed by atoms with Crippen molar-refractivity contribution in [2.24, 2.45) is 0 Å². The van der Waals surface area contributed by atoms with Crippen LogP contribution in [0.4, 0.5) is 5.82 Å². The largest absolute Gasteiger partial charge is 0.383 e. The molecule has 2 N–H and O–H groups in total. The molecule has 2 aromatic heterocycles. The molecule has 23 heavy (non-hydrogen) atoms. The minimum Gasteiger partial charge on any atom is -0.383 e. The first-order chi connectivity index (χ1) is 11.3. The lowest BCUT2D eigenvalue weighted by atomic mass is 10.1. The summed E-state index contributed by atoms with van der Waals surface area (Å²) in [6.07, 6.45) is 1.50. The average molecular weight is 365 g/mol. The standard InChI is InChI=1S/C18H13BrN4/c19-16-14(12-7-3-1-4-8-12)15-17(20)21-11-22-18(15)23(16)13-9-5-2-6-10-13/h1-11H,(H2,20,21,22). The third kappa shape index (κ3) is 2.21. The van der Waals surface area contributed by atoms with E-state index in [0.29, 0.717) is 5.82 Å². The second kappa shape index (κ2) is 5.52. The van der Waals surface area contributed by atoms with E-state index >= 15 is 0 Å². The molecule has 0 saturated carbocycles. The zero-order valence-electron chi connectivity index (χ0n) is 12.1. The van der Waals surface area contributed by atoms with Gasteiger partial charge in [0, 0.05) is 11.3 Å². The molecule has 0 spiro atoms. The van der Waals surface area contributed by atoms with E-state index in [1.807, 2.05) is 48.5 Å². The third-order valence-corrected chi connectivity index (χ3v) is 4.55.